The molecule has 0 aromatic rings. The number of hydrogen-bond donors (Lipinski definition) is 2. The molecule has 0 bridgehead atoms. The summed E-state index contributed by atoms with van der Waals surface area (Å²) in [5, 5.41) is 6.58. The summed E-state index contributed by atoms with van der Waals surface area (Å²) in [5.74, 6) is 1.19. The minimum absolute atomic E-state index is 0.227. The molecule has 18 heavy (non-hydrogen) atoms. The molecular weight excluding hydrogens is 224 g/mol. The van der Waals surface area contributed by atoms with Gasteiger partial charge in [0, 0.05) is 25.0 Å². The SMILES string of the molecule is CCCC1CCC(NCCC(=O)NC2CC2)CC1. The number of hydrogen-bond acceptors (Lipinski definition) is 2. The van der Waals surface area contributed by atoms with Crippen LogP contribution in [0.4, 0.5) is 0 Å². The molecule has 3 nitrogen and oxygen atoms in total. The topological polar surface area (TPSA) is 41.1 Å². The minimum Gasteiger partial charge on any atom is -0.353 e. The number of rotatable bonds is 7. The molecule has 2 rings (SSSR count). The van der Waals surface area contributed by atoms with Crippen LogP contribution in [0.1, 0.15) is 64.7 Å². The minimum atomic E-state index is 0.227. The fraction of sp³-hybridized carbons (Fsp3) is 0.933. The zero-order chi connectivity index (χ0) is 12.8. The van der Waals surface area contributed by atoms with Gasteiger partial charge in [-0.15, -0.1) is 0 Å². The first-order valence-corrected chi connectivity index (χ1v) is 7.80. The molecule has 0 spiro atoms. The van der Waals surface area contributed by atoms with E-state index in [1.54, 1.807) is 0 Å². The second-order valence-corrected chi connectivity index (χ2v) is 6.05. The first kappa shape index (κ1) is 13.9. The highest BCUT2D eigenvalue weighted by Gasteiger charge is 2.23. The molecule has 2 saturated carbocycles. The molecule has 0 aromatic heterocycles. The molecule has 104 valence electrons. The third-order valence-electron chi connectivity index (χ3n) is 4.27. The van der Waals surface area contributed by atoms with Gasteiger partial charge in [-0.3, -0.25) is 4.79 Å². The average Bonchev–Trinajstić information content (AvgIpc) is 3.16. The summed E-state index contributed by atoms with van der Waals surface area (Å²) in [6.07, 6.45) is 11.1. The summed E-state index contributed by atoms with van der Waals surface area (Å²) >= 11 is 0. The number of amides is 1. The molecule has 2 fully saturated rings. The van der Waals surface area contributed by atoms with Crippen molar-refractivity contribution in [1.82, 2.24) is 10.6 Å². The van der Waals surface area contributed by atoms with Crippen molar-refractivity contribution in [3.8, 4) is 0 Å². The summed E-state index contributed by atoms with van der Waals surface area (Å²) in [7, 11) is 0. The van der Waals surface area contributed by atoms with E-state index in [1.165, 1.54) is 51.4 Å². The lowest BCUT2D eigenvalue weighted by atomic mass is 9.83. The van der Waals surface area contributed by atoms with Crippen LogP contribution in [0.5, 0.6) is 0 Å². The molecule has 0 unspecified atom stereocenters. The van der Waals surface area contributed by atoms with Crippen molar-refractivity contribution in [1.29, 1.82) is 0 Å². The molecular formula is C15H28N2O. The van der Waals surface area contributed by atoms with E-state index < -0.39 is 0 Å². The molecule has 0 saturated heterocycles. The molecule has 0 radical (unpaired) electrons. The Balaban J connectivity index is 1.50. The molecule has 0 atom stereocenters. The lowest BCUT2D eigenvalue weighted by molar-refractivity contribution is -0.121. The van der Waals surface area contributed by atoms with Crippen LogP contribution in [0, 0.1) is 5.92 Å². The van der Waals surface area contributed by atoms with Crippen molar-refractivity contribution in [2.24, 2.45) is 5.92 Å². The molecule has 2 aliphatic carbocycles. The molecule has 0 aliphatic heterocycles. The maximum Gasteiger partial charge on any atom is 0.221 e. The van der Waals surface area contributed by atoms with Gasteiger partial charge in [-0.05, 0) is 44.4 Å². The summed E-state index contributed by atoms with van der Waals surface area (Å²) in [6.45, 7) is 3.13. The number of nitrogens with one attached hydrogen (secondary N) is 2. The van der Waals surface area contributed by atoms with Gasteiger partial charge in [-0.25, -0.2) is 0 Å². The van der Waals surface area contributed by atoms with E-state index in [1.807, 2.05) is 0 Å². The van der Waals surface area contributed by atoms with Crippen LogP contribution in [0.3, 0.4) is 0 Å². The van der Waals surface area contributed by atoms with E-state index in [9.17, 15) is 4.79 Å². The van der Waals surface area contributed by atoms with Gasteiger partial charge in [0.2, 0.25) is 5.91 Å². The zero-order valence-corrected chi connectivity index (χ0v) is 11.7. The van der Waals surface area contributed by atoms with Gasteiger partial charge in [0.25, 0.3) is 0 Å². The van der Waals surface area contributed by atoms with Gasteiger partial charge in [0.05, 0.1) is 0 Å². The van der Waals surface area contributed by atoms with E-state index in [-0.39, 0.29) is 5.91 Å². The molecule has 3 heteroatoms. The highest BCUT2D eigenvalue weighted by atomic mass is 16.1. The Morgan fingerprint density at radius 3 is 2.33 bits per heavy atom. The monoisotopic (exact) mass is 252 g/mol. The predicted octanol–water partition coefficient (Wildman–Crippen LogP) is 2.60. The van der Waals surface area contributed by atoms with E-state index in [2.05, 4.69) is 17.6 Å². The third kappa shape index (κ3) is 4.97. The van der Waals surface area contributed by atoms with Crippen LogP contribution in [-0.2, 0) is 4.79 Å². The van der Waals surface area contributed by atoms with Crippen molar-refractivity contribution in [3.63, 3.8) is 0 Å². The van der Waals surface area contributed by atoms with Crippen molar-refractivity contribution in [3.05, 3.63) is 0 Å². The van der Waals surface area contributed by atoms with Crippen LogP contribution in [0.2, 0.25) is 0 Å². The van der Waals surface area contributed by atoms with Gasteiger partial charge < -0.3 is 10.6 Å². The summed E-state index contributed by atoms with van der Waals surface area (Å²) in [4.78, 5) is 11.5. The van der Waals surface area contributed by atoms with Crippen molar-refractivity contribution >= 4 is 5.91 Å². The Labute approximate surface area is 111 Å². The van der Waals surface area contributed by atoms with Crippen LogP contribution >= 0.6 is 0 Å². The van der Waals surface area contributed by atoms with E-state index >= 15 is 0 Å². The van der Waals surface area contributed by atoms with Crippen LogP contribution in [0.15, 0.2) is 0 Å². The van der Waals surface area contributed by atoms with Gasteiger partial charge in [0.15, 0.2) is 0 Å². The lowest BCUT2D eigenvalue weighted by Gasteiger charge is -2.29. The highest BCUT2D eigenvalue weighted by Crippen LogP contribution is 2.27. The Bertz CT molecular complexity index is 255. The summed E-state index contributed by atoms with van der Waals surface area (Å²) in [5.41, 5.74) is 0. The second-order valence-electron chi connectivity index (χ2n) is 6.05. The van der Waals surface area contributed by atoms with Crippen LogP contribution < -0.4 is 10.6 Å². The average molecular weight is 252 g/mol. The quantitative estimate of drug-likeness (QED) is 0.731. The Morgan fingerprint density at radius 2 is 1.72 bits per heavy atom. The number of carbonyl (C=O) groups is 1. The van der Waals surface area contributed by atoms with Gasteiger partial charge in [-0.1, -0.05) is 19.8 Å². The van der Waals surface area contributed by atoms with Crippen LogP contribution in [0.25, 0.3) is 0 Å². The highest BCUT2D eigenvalue weighted by molar-refractivity contribution is 5.76. The Hall–Kier alpha value is -0.570. The van der Waals surface area contributed by atoms with Gasteiger partial charge in [0.1, 0.15) is 0 Å². The fourth-order valence-corrected chi connectivity index (χ4v) is 2.98. The van der Waals surface area contributed by atoms with Crippen molar-refractivity contribution < 1.29 is 4.79 Å². The smallest absolute Gasteiger partial charge is 0.221 e. The summed E-state index contributed by atoms with van der Waals surface area (Å²) in [6, 6.07) is 1.16. The van der Waals surface area contributed by atoms with Crippen LogP contribution in [-0.4, -0.2) is 24.5 Å². The molecule has 2 aliphatic rings. The molecule has 0 aromatic carbocycles. The molecule has 2 N–H and O–H groups in total. The van der Waals surface area contributed by atoms with E-state index in [0.29, 0.717) is 18.5 Å². The first-order chi connectivity index (χ1) is 8.78. The Morgan fingerprint density at radius 1 is 1.06 bits per heavy atom. The lowest BCUT2D eigenvalue weighted by Crippen LogP contribution is -2.36. The fourth-order valence-electron chi connectivity index (χ4n) is 2.98. The van der Waals surface area contributed by atoms with Gasteiger partial charge in [-0.2, -0.15) is 0 Å². The third-order valence-corrected chi connectivity index (χ3v) is 4.27. The first-order valence-electron chi connectivity index (χ1n) is 7.80. The standard InChI is InChI=1S/C15H28N2O/c1-2-3-12-4-6-13(7-5-12)16-11-10-15(18)17-14-8-9-14/h12-14,16H,2-11H2,1H3,(H,17,18). The van der Waals surface area contributed by atoms with Gasteiger partial charge >= 0.3 is 0 Å². The maximum atomic E-state index is 11.5. The van der Waals surface area contributed by atoms with E-state index in [0.717, 1.165) is 12.5 Å². The maximum absolute atomic E-state index is 11.5. The Kier molecular flexibility index (Phi) is 5.48. The zero-order valence-electron chi connectivity index (χ0n) is 11.7. The van der Waals surface area contributed by atoms with Crippen molar-refractivity contribution in [2.45, 2.75) is 76.8 Å². The number of carbonyl (C=O) groups excluding carboxylic acids is 1. The normalized spacial score (nSPS) is 28.1. The molecule has 0 heterocycles. The second kappa shape index (κ2) is 7.13. The van der Waals surface area contributed by atoms with Crippen molar-refractivity contribution in [2.75, 3.05) is 6.54 Å². The van der Waals surface area contributed by atoms with E-state index in [4.69, 9.17) is 0 Å². The predicted molar refractivity (Wildman–Crippen MR) is 74.4 cm³/mol. The molecule has 1 amide bonds. The summed E-state index contributed by atoms with van der Waals surface area (Å²) < 4.78 is 0. The largest absolute Gasteiger partial charge is 0.353 e.